The van der Waals surface area contributed by atoms with E-state index in [2.05, 4.69) is 4.74 Å². The Balaban J connectivity index is 2.58. The maximum atomic E-state index is 12.5. The molecule has 0 bridgehead atoms. The van der Waals surface area contributed by atoms with Crippen molar-refractivity contribution in [2.45, 2.75) is 20.0 Å². The van der Waals surface area contributed by atoms with Crippen LogP contribution in [0.1, 0.15) is 20.8 Å². The van der Waals surface area contributed by atoms with Crippen molar-refractivity contribution in [3.8, 4) is 11.1 Å². The van der Waals surface area contributed by atoms with E-state index in [1.807, 2.05) is 19.1 Å². The maximum absolute atomic E-state index is 12.5. The van der Waals surface area contributed by atoms with Crippen molar-refractivity contribution in [1.29, 1.82) is 0 Å². The number of nitrogens with one attached hydrogen (secondary N) is 1. The minimum absolute atomic E-state index is 0.0820. The molecule has 24 heavy (non-hydrogen) atoms. The van der Waals surface area contributed by atoms with Gasteiger partial charge in [-0.1, -0.05) is 29.8 Å². The molecular weight excluding hydrogens is 343 g/mol. The third kappa shape index (κ3) is 3.59. The molecule has 2 rings (SSSR count). The molecule has 0 unspecified atom stereocenters. The summed E-state index contributed by atoms with van der Waals surface area (Å²) in [7, 11) is 1.13. The van der Waals surface area contributed by atoms with Gasteiger partial charge < -0.3 is 10.1 Å². The van der Waals surface area contributed by atoms with Gasteiger partial charge >= 0.3 is 18.1 Å². The Morgan fingerprint density at radius 1 is 1.12 bits per heavy atom. The number of rotatable bonds is 3. The van der Waals surface area contributed by atoms with E-state index in [-0.39, 0.29) is 10.6 Å². The lowest BCUT2D eigenvalue weighted by Crippen LogP contribution is -2.30. The molecule has 0 radical (unpaired) electrons. The van der Waals surface area contributed by atoms with E-state index in [1.165, 1.54) is 0 Å². The first kappa shape index (κ1) is 18.0. The van der Waals surface area contributed by atoms with E-state index < -0.39 is 18.1 Å². The van der Waals surface area contributed by atoms with Crippen molar-refractivity contribution in [2.24, 2.45) is 0 Å². The van der Waals surface area contributed by atoms with Gasteiger partial charge in [-0.2, -0.15) is 13.2 Å². The number of hydrogen-bond donors (Lipinski definition) is 1. The molecule has 0 saturated carbocycles. The van der Waals surface area contributed by atoms with Gasteiger partial charge in [0.25, 0.3) is 0 Å². The fourth-order valence-electron chi connectivity index (χ4n) is 2.17. The third-order valence-electron chi connectivity index (χ3n) is 3.30. The second kappa shape index (κ2) is 6.64. The van der Waals surface area contributed by atoms with Crippen LogP contribution in [0.25, 0.3) is 11.1 Å². The van der Waals surface area contributed by atoms with Crippen molar-refractivity contribution in [3.63, 3.8) is 0 Å². The SMILES string of the molecule is COC(=O)c1c(NC(=O)C(F)(F)F)sc(C)c1-c1ccc(C)cc1. The number of benzene rings is 1. The molecule has 1 amide bonds. The molecule has 1 heterocycles. The van der Waals surface area contributed by atoms with Crippen LogP contribution in [0.3, 0.4) is 0 Å². The second-order valence-electron chi connectivity index (χ2n) is 5.05. The predicted molar refractivity (Wildman–Crippen MR) is 85.3 cm³/mol. The van der Waals surface area contributed by atoms with Crippen molar-refractivity contribution in [3.05, 3.63) is 40.3 Å². The van der Waals surface area contributed by atoms with Gasteiger partial charge in [-0.25, -0.2) is 4.79 Å². The van der Waals surface area contributed by atoms with E-state index in [0.29, 0.717) is 16.0 Å². The van der Waals surface area contributed by atoms with Crippen molar-refractivity contribution >= 4 is 28.2 Å². The number of aryl methyl sites for hydroxylation is 2. The summed E-state index contributed by atoms with van der Waals surface area (Å²) in [4.78, 5) is 23.9. The van der Waals surface area contributed by atoms with Crippen LogP contribution >= 0.6 is 11.3 Å². The first-order valence-corrected chi connectivity index (χ1v) is 7.63. The van der Waals surface area contributed by atoms with Gasteiger partial charge in [0.05, 0.1) is 7.11 Å². The van der Waals surface area contributed by atoms with Crippen LogP contribution in [0.5, 0.6) is 0 Å². The lowest BCUT2D eigenvalue weighted by Gasteiger charge is -2.09. The largest absolute Gasteiger partial charge is 0.471 e. The van der Waals surface area contributed by atoms with E-state index in [0.717, 1.165) is 24.0 Å². The lowest BCUT2D eigenvalue weighted by molar-refractivity contribution is -0.167. The molecule has 4 nitrogen and oxygen atoms in total. The number of hydrogen-bond acceptors (Lipinski definition) is 4. The van der Waals surface area contributed by atoms with E-state index >= 15 is 0 Å². The molecule has 1 N–H and O–H groups in total. The number of methoxy groups -OCH3 is 1. The number of halogens is 3. The zero-order valence-electron chi connectivity index (χ0n) is 13.1. The summed E-state index contributed by atoms with van der Waals surface area (Å²) >= 11 is 0.895. The Morgan fingerprint density at radius 3 is 2.21 bits per heavy atom. The molecule has 128 valence electrons. The number of esters is 1. The van der Waals surface area contributed by atoms with Gasteiger partial charge in [0.2, 0.25) is 0 Å². The van der Waals surface area contributed by atoms with E-state index in [1.54, 1.807) is 24.4 Å². The van der Waals surface area contributed by atoms with Crippen molar-refractivity contribution in [2.75, 3.05) is 12.4 Å². The van der Waals surface area contributed by atoms with Crippen molar-refractivity contribution in [1.82, 2.24) is 0 Å². The molecular formula is C16H14F3NO3S. The highest BCUT2D eigenvalue weighted by atomic mass is 32.1. The molecule has 1 aromatic carbocycles. The van der Waals surface area contributed by atoms with Gasteiger partial charge in [0.1, 0.15) is 10.6 Å². The van der Waals surface area contributed by atoms with Crippen LogP contribution < -0.4 is 5.32 Å². The molecule has 0 aliphatic heterocycles. The Hall–Kier alpha value is -2.35. The van der Waals surface area contributed by atoms with Crippen LogP contribution in [0.15, 0.2) is 24.3 Å². The highest BCUT2D eigenvalue weighted by molar-refractivity contribution is 7.17. The van der Waals surface area contributed by atoms with Crippen LogP contribution in [-0.4, -0.2) is 25.2 Å². The summed E-state index contributed by atoms with van der Waals surface area (Å²) in [5.41, 5.74) is 2.02. The van der Waals surface area contributed by atoms with Gasteiger partial charge in [-0.3, -0.25) is 4.79 Å². The summed E-state index contributed by atoms with van der Waals surface area (Å²) in [6, 6.07) is 7.15. The van der Waals surface area contributed by atoms with Crippen LogP contribution in [0.4, 0.5) is 18.2 Å². The molecule has 0 spiro atoms. The van der Waals surface area contributed by atoms with Gasteiger partial charge in [-0.05, 0) is 19.4 Å². The highest BCUT2D eigenvalue weighted by Gasteiger charge is 2.40. The zero-order valence-corrected chi connectivity index (χ0v) is 13.9. The maximum Gasteiger partial charge on any atom is 0.471 e. The van der Waals surface area contributed by atoms with E-state index in [9.17, 15) is 22.8 Å². The van der Waals surface area contributed by atoms with Gasteiger partial charge in [0, 0.05) is 10.4 Å². The van der Waals surface area contributed by atoms with Crippen LogP contribution in [-0.2, 0) is 9.53 Å². The Labute approximate surface area is 140 Å². The monoisotopic (exact) mass is 357 g/mol. The number of alkyl halides is 3. The van der Waals surface area contributed by atoms with Crippen LogP contribution in [0.2, 0.25) is 0 Å². The average Bonchev–Trinajstić information content (AvgIpc) is 2.82. The Kier molecular flexibility index (Phi) is 4.98. The molecule has 2 aromatic rings. The summed E-state index contributed by atoms with van der Waals surface area (Å²) in [6.07, 6.45) is -5.05. The molecule has 0 aliphatic carbocycles. The number of thiophene rings is 1. The number of carbonyl (C=O) groups excluding carboxylic acids is 2. The topological polar surface area (TPSA) is 55.4 Å². The first-order valence-electron chi connectivity index (χ1n) is 6.82. The molecule has 1 aromatic heterocycles. The third-order valence-corrected chi connectivity index (χ3v) is 4.32. The minimum Gasteiger partial charge on any atom is -0.465 e. The predicted octanol–water partition coefficient (Wildman–Crippen LogP) is 4.32. The molecule has 0 saturated heterocycles. The average molecular weight is 357 g/mol. The van der Waals surface area contributed by atoms with Gasteiger partial charge in [0.15, 0.2) is 0 Å². The quantitative estimate of drug-likeness (QED) is 0.833. The summed E-state index contributed by atoms with van der Waals surface area (Å²) in [5.74, 6) is -2.95. The fourth-order valence-corrected chi connectivity index (χ4v) is 3.23. The Bertz CT molecular complexity index is 779. The molecule has 0 fully saturated rings. The lowest BCUT2D eigenvalue weighted by atomic mass is 10.0. The zero-order chi connectivity index (χ0) is 18.1. The Morgan fingerprint density at radius 2 is 1.71 bits per heavy atom. The minimum atomic E-state index is -5.05. The summed E-state index contributed by atoms with van der Waals surface area (Å²) < 4.78 is 42.2. The smallest absolute Gasteiger partial charge is 0.465 e. The molecule has 8 heteroatoms. The summed E-state index contributed by atoms with van der Waals surface area (Å²) in [5, 5.41) is 1.58. The standard InChI is InChI=1S/C16H14F3NO3S/c1-8-4-6-10(7-5-8)11-9(2)24-13(12(11)14(21)23-3)20-15(22)16(17,18)19/h4-7H,1-3H3,(H,20,22). The van der Waals surface area contributed by atoms with Crippen molar-refractivity contribution < 1.29 is 27.5 Å². The van der Waals surface area contributed by atoms with Gasteiger partial charge in [-0.15, -0.1) is 11.3 Å². The summed E-state index contributed by atoms with van der Waals surface area (Å²) in [6.45, 7) is 3.55. The number of ether oxygens (including phenoxy) is 1. The molecule has 0 aliphatic rings. The van der Waals surface area contributed by atoms with E-state index in [4.69, 9.17) is 0 Å². The number of anilines is 1. The second-order valence-corrected chi connectivity index (χ2v) is 6.27. The number of carbonyl (C=O) groups is 2. The number of amides is 1. The first-order chi connectivity index (χ1) is 11.1. The highest BCUT2D eigenvalue weighted by Crippen LogP contribution is 2.40. The van der Waals surface area contributed by atoms with Crippen LogP contribution in [0, 0.1) is 13.8 Å². The normalized spacial score (nSPS) is 11.2. The fraction of sp³-hybridized carbons (Fsp3) is 0.250. The molecule has 0 atom stereocenters.